The maximum atomic E-state index is 16.6. The van der Waals surface area contributed by atoms with Crippen molar-refractivity contribution in [2.24, 2.45) is 0 Å². The molecule has 0 radical (unpaired) electrons. The molecule has 0 aromatic heterocycles. The van der Waals surface area contributed by atoms with Crippen molar-refractivity contribution in [3.8, 4) is 22.3 Å². The lowest BCUT2D eigenvalue weighted by atomic mass is 9.82. The van der Waals surface area contributed by atoms with E-state index in [1.54, 1.807) is 48.5 Å². The zero-order valence-corrected chi connectivity index (χ0v) is 30.1. The van der Waals surface area contributed by atoms with Crippen molar-refractivity contribution in [1.29, 1.82) is 0 Å². The molecule has 268 valence electrons. The lowest BCUT2D eigenvalue weighted by Crippen LogP contribution is -2.19. The fourth-order valence-electron chi connectivity index (χ4n) is 8.00. The fraction of sp³-hybridized carbons (Fsp3) is 0.0612. The highest BCUT2D eigenvalue weighted by molar-refractivity contribution is 5.90. The summed E-state index contributed by atoms with van der Waals surface area (Å²) < 4.78 is 66.0. The predicted octanol–water partition coefficient (Wildman–Crippen LogP) is 14.3. The number of benzene rings is 8. The second kappa shape index (κ2) is 13.3. The number of halogens is 4. The van der Waals surface area contributed by atoms with Gasteiger partial charge >= 0.3 is 0 Å². The Balaban J connectivity index is 1.14. The highest BCUT2D eigenvalue weighted by Gasteiger charge is 2.37. The van der Waals surface area contributed by atoms with E-state index in [1.165, 1.54) is 17.0 Å². The molecule has 6 heteroatoms. The Bertz CT molecular complexity index is 2700. The first-order chi connectivity index (χ1) is 26.7. The number of hydrogen-bond acceptors (Lipinski definition) is 2. The summed E-state index contributed by atoms with van der Waals surface area (Å²) in [6, 6.07) is 52.3. The second-order valence-electron chi connectivity index (χ2n) is 14.3. The van der Waals surface area contributed by atoms with Crippen LogP contribution in [0.2, 0.25) is 0 Å². The number of hydrogen-bond donors (Lipinski definition) is 0. The van der Waals surface area contributed by atoms with Crippen LogP contribution in [0.25, 0.3) is 33.0 Å². The van der Waals surface area contributed by atoms with Gasteiger partial charge in [-0.1, -0.05) is 123 Å². The Hall–Kier alpha value is -6.66. The monoisotopic (exact) mass is 726 g/mol. The van der Waals surface area contributed by atoms with E-state index < -0.39 is 39.9 Å². The summed E-state index contributed by atoms with van der Waals surface area (Å²) in [7, 11) is 0. The van der Waals surface area contributed by atoms with E-state index in [1.807, 2.05) is 95.9 Å². The van der Waals surface area contributed by atoms with Crippen LogP contribution in [-0.2, 0) is 5.41 Å². The zero-order chi connectivity index (χ0) is 37.8. The van der Waals surface area contributed by atoms with E-state index >= 15 is 17.6 Å². The van der Waals surface area contributed by atoms with Crippen LogP contribution >= 0.6 is 0 Å². The van der Waals surface area contributed by atoms with Crippen LogP contribution in [0.1, 0.15) is 25.0 Å². The van der Waals surface area contributed by atoms with Gasteiger partial charge in [-0.05, 0) is 99.3 Å². The van der Waals surface area contributed by atoms with Gasteiger partial charge in [0, 0.05) is 33.9 Å². The number of para-hydroxylation sites is 2. The molecule has 2 nitrogen and oxygen atoms in total. The van der Waals surface area contributed by atoms with Crippen molar-refractivity contribution < 1.29 is 17.6 Å². The minimum absolute atomic E-state index is 0.00192. The fourth-order valence-corrected chi connectivity index (χ4v) is 8.00. The van der Waals surface area contributed by atoms with Crippen LogP contribution in [0, 0.1) is 23.3 Å². The maximum absolute atomic E-state index is 16.6. The van der Waals surface area contributed by atoms with E-state index in [9.17, 15) is 0 Å². The summed E-state index contributed by atoms with van der Waals surface area (Å²) in [5.41, 5.74) is 5.27. The first kappa shape index (κ1) is 34.1. The van der Waals surface area contributed by atoms with Crippen LogP contribution in [0.3, 0.4) is 0 Å². The molecule has 0 unspecified atom stereocenters. The van der Waals surface area contributed by atoms with Crippen LogP contribution in [0.5, 0.6) is 0 Å². The molecule has 0 spiro atoms. The molecule has 55 heavy (non-hydrogen) atoms. The average molecular weight is 727 g/mol. The summed E-state index contributed by atoms with van der Waals surface area (Å²) in [5, 5.41) is 2.13. The Labute approximate surface area is 317 Å². The van der Waals surface area contributed by atoms with Crippen molar-refractivity contribution in [2.75, 3.05) is 9.80 Å². The Morgan fingerprint density at radius 3 is 1.55 bits per heavy atom. The number of fused-ring (bicyclic) bond motifs is 4. The first-order valence-corrected chi connectivity index (χ1v) is 18.1. The van der Waals surface area contributed by atoms with Gasteiger partial charge in [-0.3, -0.25) is 0 Å². The van der Waals surface area contributed by atoms with E-state index in [4.69, 9.17) is 0 Å². The van der Waals surface area contributed by atoms with Crippen molar-refractivity contribution >= 4 is 44.9 Å². The smallest absolute Gasteiger partial charge is 0.186 e. The molecule has 1 aliphatic carbocycles. The first-order valence-electron chi connectivity index (χ1n) is 18.1. The molecule has 0 saturated heterocycles. The standard InChI is InChI=1S/C49H34F4N2/c1-49(2)41-20-12-11-19-39(41)40-28-27-38(30-42(40)49)55(35-17-7-4-8-18-35)48-46(52)44(50)43(45(51)47(48)53)32-22-24-36(25-23-32)54(34-15-5-3-6-16-34)37-26-21-31-13-9-10-14-33(31)29-37/h3-30H,1-2H3. The van der Waals surface area contributed by atoms with E-state index in [-0.39, 0.29) is 5.56 Å². The highest BCUT2D eigenvalue weighted by atomic mass is 19.2. The molecule has 0 atom stereocenters. The van der Waals surface area contributed by atoms with Crippen LogP contribution < -0.4 is 9.80 Å². The minimum Gasteiger partial charge on any atom is -0.310 e. The quantitative estimate of drug-likeness (QED) is 0.119. The second-order valence-corrected chi connectivity index (χ2v) is 14.3. The van der Waals surface area contributed by atoms with Crippen molar-refractivity contribution in [3.63, 3.8) is 0 Å². The molecule has 0 N–H and O–H groups in total. The number of rotatable bonds is 7. The number of nitrogens with zero attached hydrogens (tertiary/aromatic N) is 2. The zero-order valence-electron chi connectivity index (χ0n) is 30.1. The van der Waals surface area contributed by atoms with Crippen LogP contribution in [0.15, 0.2) is 170 Å². The molecule has 1 aliphatic rings. The average Bonchev–Trinajstić information content (AvgIpc) is 3.45. The minimum atomic E-state index is -1.49. The van der Waals surface area contributed by atoms with Crippen LogP contribution in [0.4, 0.5) is 51.7 Å². The molecule has 0 saturated carbocycles. The van der Waals surface area contributed by atoms with Crippen molar-refractivity contribution in [3.05, 3.63) is 204 Å². The molecule has 0 heterocycles. The third-order valence-electron chi connectivity index (χ3n) is 10.7. The van der Waals surface area contributed by atoms with Gasteiger partial charge in [-0.2, -0.15) is 0 Å². The van der Waals surface area contributed by atoms with Gasteiger partial charge in [-0.15, -0.1) is 0 Å². The molecule has 8 aromatic carbocycles. The summed E-state index contributed by atoms with van der Waals surface area (Å²) >= 11 is 0. The normalized spacial score (nSPS) is 12.7. The molecule has 8 aromatic rings. The third-order valence-corrected chi connectivity index (χ3v) is 10.7. The molecule has 0 aliphatic heterocycles. The summed E-state index contributed by atoms with van der Waals surface area (Å²) in [6.45, 7) is 4.19. The van der Waals surface area contributed by atoms with Gasteiger partial charge in [-0.25, -0.2) is 17.6 Å². The van der Waals surface area contributed by atoms with Gasteiger partial charge in [0.05, 0.1) is 5.56 Å². The predicted molar refractivity (Wildman–Crippen MR) is 216 cm³/mol. The molecular formula is C49H34F4N2. The molecule has 0 amide bonds. The van der Waals surface area contributed by atoms with Gasteiger partial charge in [0.25, 0.3) is 0 Å². The van der Waals surface area contributed by atoms with Gasteiger partial charge in [0.1, 0.15) is 5.69 Å². The Kier molecular flexibility index (Phi) is 8.27. The lowest BCUT2D eigenvalue weighted by Gasteiger charge is -2.29. The van der Waals surface area contributed by atoms with Crippen LogP contribution in [-0.4, -0.2) is 0 Å². The summed E-state index contributed by atoms with van der Waals surface area (Å²) in [4.78, 5) is 3.27. The Morgan fingerprint density at radius 1 is 0.382 bits per heavy atom. The molecule has 9 rings (SSSR count). The van der Waals surface area contributed by atoms with Crippen molar-refractivity contribution in [2.45, 2.75) is 19.3 Å². The third kappa shape index (κ3) is 5.64. The maximum Gasteiger partial charge on any atom is 0.186 e. The lowest BCUT2D eigenvalue weighted by molar-refractivity contribution is 0.461. The molecule has 0 fully saturated rings. The SMILES string of the molecule is CC1(C)c2ccccc2-c2ccc(N(c3ccccc3)c3c(F)c(F)c(-c4ccc(N(c5ccccc5)c5ccc6ccccc6c5)cc4)c(F)c3F)cc21. The van der Waals surface area contributed by atoms with E-state index in [0.717, 1.165) is 44.4 Å². The molecule has 0 bridgehead atoms. The highest BCUT2D eigenvalue weighted by Crippen LogP contribution is 2.51. The van der Waals surface area contributed by atoms with E-state index in [2.05, 4.69) is 32.0 Å². The van der Waals surface area contributed by atoms with E-state index in [0.29, 0.717) is 17.1 Å². The van der Waals surface area contributed by atoms with Crippen molar-refractivity contribution in [1.82, 2.24) is 0 Å². The number of anilines is 6. The topological polar surface area (TPSA) is 6.48 Å². The molecular weight excluding hydrogens is 693 g/mol. The largest absolute Gasteiger partial charge is 0.310 e. The summed E-state index contributed by atoms with van der Waals surface area (Å²) in [6.07, 6.45) is 0. The Morgan fingerprint density at radius 2 is 0.873 bits per heavy atom. The van der Waals surface area contributed by atoms with Gasteiger partial charge in [0.15, 0.2) is 23.3 Å². The van der Waals surface area contributed by atoms with Gasteiger partial charge in [0.2, 0.25) is 0 Å². The van der Waals surface area contributed by atoms with Gasteiger partial charge < -0.3 is 9.80 Å². The summed E-state index contributed by atoms with van der Waals surface area (Å²) in [5.74, 6) is -5.95.